The van der Waals surface area contributed by atoms with Gasteiger partial charge in [-0.25, -0.2) is 0 Å². The minimum absolute atomic E-state index is 0. The smallest absolute Gasteiger partial charge is 0.0684 e. The van der Waals surface area contributed by atoms with Crippen LogP contribution in [0, 0.1) is 23.7 Å². The molecule has 2 heterocycles. The second kappa shape index (κ2) is 18.2. The highest BCUT2D eigenvalue weighted by molar-refractivity contribution is 4.89. The third-order valence-corrected chi connectivity index (χ3v) is 8.48. The molecule has 2 atom stereocenters. The van der Waals surface area contributed by atoms with Gasteiger partial charge < -0.3 is 14.5 Å². The number of piperazine rings is 1. The summed E-state index contributed by atoms with van der Waals surface area (Å²) in [6.45, 7) is 26.3. The summed E-state index contributed by atoms with van der Waals surface area (Å²) in [5.41, 5.74) is 0.213. The van der Waals surface area contributed by atoms with Gasteiger partial charge in [0.15, 0.2) is 0 Å². The van der Waals surface area contributed by atoms with E-state index in [1.165, 1.54) is 97.1 Å². The zero-order valence-corrected chi connectivity index (χ0v) is 23.4. The van der Waals surface area contributed by atoms with Gasteiger partial charge in [0.1, 0.15) is 0 Å². The molecule has 0 aromatic carbocycles. The van der Waals surface area contributed by atoms with E-state index in [-0.39, 0.29) is 13.0 Å². The molecule has 0 aromatic heterocycles. The molecule has 3 fully saturated rings. The summed E-state index contributed by atoms with van der Waals surface area (Å²) < 4.78 is 6.19. The zero-order chi connectivity index (χ0) is 24.0. The molecule has 0 N–H and O–H groups in total. The quantitative estimate of drug-likeness (QED) is 0.357. The Labute approximate surface area is 210 Å². The third kappa shape index (κ3) is 11.4. The first-order chi connectivity index (χ1) is 15.4. The number of ether oxygens (including phenoxy) is 1. The first-order valence-corrected chi connectivity index (χ1v) is 14.5. The van der Waals surface area contributed by atoms with Gasteiger partial charge in [0.2, 0.25) is 0 Å². The Morgan fingerprint density at radius 3 is 1.88 bits per heavy atom. The predicted octanol–water partition coefficient (Wildman–Crippen LogP) is 8.13. The fraction of sp³-hybridized carbons (Fsp3) is 1.00. The van der Waals surface area contributed by atoms with Gasteiger partial charge in [-0.3, -0.25) is 0 Å². The van der Waals surface area contributed by atoms with Gasteiger partial charge in [-0.05, 0) is 62.3 Å². The molecule has 3 rings (SSSR count). The van der Waals surface area contributed by atoms with Gasteiger partial charge in [0.25, 0.3) is 0 Å². The maximum Gasteiger partial charge on any atom is 0.0684 e. The average Bonchev–Trinajstić information content (AvgIpc) is 3.24. The van der Waals surface area contributed by atoms with Crippen molar-refractivity contribution in [3.05, 3.63) is 0 Å². The molecule has 3 nitrogen and oxygen atoms in total. The first kappa shape index (κ1) is 32.9. The lowest BCUT2D eigenvalue weighted by Gasteiger charge is -2.35. The summed E-state index contributed by atoms with van der Waals surface area (Å²) in [5, 5.41) is 0. The van der Waals surface area contributed by atoms with Gasteiger partial charge >= 0.3 is 0 Å². The van der Waals surface area contributed by atoms with E-state index < -0.39 is 0 Å². The molecule has 0 radical (unpaired) electrons. The monoisotopic (exact) mass is 469 g/mol. The summed E-state index contributed by atoms with van der Waals surface area (Å²) in [4.78, 5) is 5.20. The lowest BCUT2D eigenvalue weighted by atomic mass is 9.76. The minimum atomic E-state index is 0. The van der Waals surface area contributed by atoms with Crippen LogP contribution in [0.5, 0.6) is 0 Å². The Balaban J connectivity index is 0.000000627. The minimum Gasteiger partial charge on any atom is -0.375 e. The molecule has 3 aliphatic rings. The van der Waals surface area contributed by atoms with Gasteiger partial charge in [-0.1, -0.05) is 88.5 Å². The first-order valence-electron chi connectivity index (χ1n) is 14.5. The molecule has 2 unspecified atom stereocenters. The maximum atomic E-state index is 6.19. The molecule has 0 spiro atoms. The fourth-order valence-electron chi connectivity index (χ4n) is 6.03. The Kier molecular flexibility index (Phi) is 18.1. The van der Waals surface area contributed by atoms with Crippen LogP contribution in [0.1, 0.15) is 121 Å². The second-order valence-electron chi connectivity index (χ2n) is 10.8. The van der Waals surface area contributed by atoms with E-state index in [9.17, 15) is 0 Å². The summed E-state index contributed by atoms with van der Waals surface area (Å²) >= 11 is 0. The summed E-state index contributed by atoms with van der Waals surface area (Å²) in [6.07, 6.45) is 12.3. The van der Waals surface area contributed by atoms with E-state index in [4.69, 9.17) is 4.74 Å². The highest BCUT2D eigenvalue weighted by atomic mass is 16.5. The van der Waals surface area contributed by atoms with Gasteiger partial charge in [-0.15, -0.1) is 0 Å². The normalized spacial score (nSPS) is 30.6. The van der Waals surface area contributed by atoms with Crippen molar-refractivity contribution in [3.8, 4) is 0 Å². The van der Waals surface area contributed by atoms with Crippen molar-refractivity contribution in [2.24, 2.45) is 23.7 Å². The van der Waals surface area contributed by atoms with Crippen LogP contribution >= 0.6 is 0 Å². The lowest BCUT2D eigenvalue weighted by molar-refractivity contribution is -0.00753. The van der Waals surface area contributed by atoms with Crippen molar-refractivity contribution in [1.82, 2.24) is 9.80 Å². The van der Waals surface area contributed by atoms with E-state index in [1.54, 1.807) is 0 Å². The largest absolute Gasteiger partial charge is 0.375 e. The summed E-state index contributed by atoms with van der Waals surface area (Å²) in [7, 11) is 0. The summed E-state index contributed by atoms with van der Waals surface area (Å²) in [6, 6.07) is 0. The Morgan fingerprint density at radius 1 is 0.848 bits per heavy atom. The molecule has 200 valence electrons. The molecule has 1 saturated carbocycles. The zero-order valence-electron chi connectivity index (χ0n) is 23.4. The molecule has 0 aromatic rings. The van der Waals surface area contributed by atoms with Crippen LogP contribution in [0.2, 0.25) is 0 Å². The molecule has 2 saturated heterocycles. The molecule has 3 heteroatoms. The maximum absolute atomic E-state index is 6.19. The van der Waals surface area contributed by atoms with Crippen molar-refractivity contribution >= 4 is 0 Å². The van der Waals surface area contributed by atoms with Crippen LogP contribution in [0.3, 0.4) is 0 Å². The standard InChI is InChI=1S/C16H32N2O.C11H22.C2H6.CH4/c1-4-7-16(5-2)12-15(14-19-16)13-18-10-8-17(6-3)9-11-18;1-4-10-5-7-11(8-6-10)9(2)3;1-2;/h15H,4-14H2,1-3H3;9-11H,4-8H2,1-3H3;1-2H3;1H4. The third-order valence-electron chi connectivity index (χ3n) is 8.48. The number of rotatable bonds is 8. The SMILES string of the molecule is C.CC.CCC1CCC(C(C)C)CC1.CCCC1(CC)CC(CN2CCN(CC)CC2)CO1. The second-order valence-corrected chi connectivity index (χ2v) is 10.8. The van der Waals surface area contributed by atoms with E-state index in [1.807, 2.05) is 13.8 Å². The molecular formula is C30H64N2O. The van der Waals surface area contributed by atoms with E-state index in [0.29, 0.717) is 0 Å². The van der Waals surface area contributed by atoms with Gasteiger partial charge in [-0.2, -0.15) is 0 Å². The Bertz CT molecular complexity index is 439. The predicted molar refractivity (Wildman–Crippen MR) is 149 cm³/mol. The topological polar surface area (TPSA) is 15.7 Å². The van der Waals surface area contributed by atoms with Crippen LogP contribution < -0.4 is 0 Å². The number of likely N-dealkylation sites (N-methyl/N-ethyl adjacent to an activating group) is 1. The molecule has 0 bridgehead atoms. The Hall–Kier alpha value is -0.120. The highest BCUT2D eigenvalue weighted by Gasteiger charge is 2.38. The van der Waals surface area contributed by atoms with E-state index >= 15 is 0 Å². The lowest BCUT2D eigenvalue weighted by Crippen LogP contribution is -2.47. The number of nitrogens with zero attached hydrogens (tertiary/aromatic N) is 2. The van der Waals surface area contributed by atoms with Crippen molar-refractivity contribution in [2.75, 3.05) is 45.9 Å². The van der Waals surface area contributed by atoms with Crippen molar-refractivity contribution in [1.29, 1.82) is 0 Å². The van der Waals surface area contributed by atoms with Crippen molar-refractivity contribution in [3.63, 3.8) is 0 Å². The number of hydrogen-bond donors (Lipinski definition) is 0. The van der Waals surface area contributed by atoms with Crippen LogP contribution in [0.25, 0.3) is 0 Å². The molecule has 1 aliphatic carbocycles. The molecule has 2 aliphatic heterocycles. The average molecular weight is 469 g/mol. The highest BCUT2D eigenvalue weighted by Crippen LogP contribution is 2.37. The van der Waals surface area contributed by atoms with Gasteiger partial charge in [0, 0.05) is 32.7 Å². The van der Waals surface area contributed by atoms with Crippen LogP contribution in [-0.4, -0.2) is 61.3 Å². The van der Waals surface area contributed by atoms with Crippen LogP contribution in [-0.2, 0) is 4.74 Å². The van der Waals surface area contributed by atoms with Gasteiger partial charge in [0.05, 0.1) is 12.2 Å². The van der Waals surface area contributed by atoms with Crippen molar-refractivity contribution < 1.29 is 4.74 Å². The van der Waals surface area contributed by atoms with Crippen LogP contribution in [0.15, 0.2) is 0 Å². The molecular weight excluding hydrogens is 404 g/mol. The van der Waals surface area contributed by atoms with Crippen LogP contribution in [0.4, 0.5) is 0 Å². The molecule has 33 heavy (non-hydrogen) atoms. The van der Waals surface area contributed by atoms with E-state index in [0.717, 1.165) is 30.3 Å². The molecule has 0 amide bonds. The Morgan fingerprint density at radius 2 is 1.42 bits per heavy atom. The van der Waals surface area contributed by atoms with E-state index in [2.05, 4.69) is 51.3 Å². The number of hydrogen-bond acceptors (Lipinski definition) is 3. The fourth-order valence-corrected chi connectivity index (χ4v) is 6.03. The summed E-state index contributed by atoms with van der Waals surface area (Å²) in [5.74, 6) is 3.79. The van der Waals surface area contributed by atoms with Crippen molar-refractivity contribution in [2.45, 2.75) is 126 Å².